The third-order valence-electron chi connectivity index (χ3n) is 7.40. The molecule has 0 radical (unpaired) electrons. The standard InChI is InChI=1S/C18H36O8.2C5H12O4/c1-2-3-4-5-6-7-8-9-10-11-12-13-14-16(21,22)18(25,26)17(23,24)15(19)20;2*6-1-5(2-7,3-8)4-9/h21-26H,2-14H2,1H3,(H,19,20);2*6-9H,1-4H2. The van der Waals surface area contributed by atoms with Crippen LogP contribution in [0, 0.1) is 10.8 Å². The van der Waals surface area contributed by atoms with E-state index in [9.17, 15) is 35.4 Å². The third-order valence-corrected chi connectivity index (χ3v) is 7.40. The predicted octanol–water partition coefficient (Wildman–Crippen LogP) is -2.91. The zero-order valence-corrected chi connectivity index (χ0v) is 26.0. The molecule has 0 aromatic heterocycles. The molecule has 0 amide bonds. The Labute approximate surface area is 259 Å². The van der Waals surface area contributed by atoms with E-state index in [2.05, 4.69) is 6.92 Å². The number of aliphatic hydroxyl groups is 14. The first-order chi connectivity index (χ1) is 20.5. The summed E-state index contributed by atoms with van der Waals surface area (Å²) in [4.78, 5) is 10.6. The van der Waals surface area contributed by atoms with Gasteiger partial charge in [0.1, 0.15) is 0 Å². The van der Waals surface area contributed by atoms with Crippen LogP contribution in [0.15, 0.2) is 0 Å². The van der Waals surface area contributed by atoms with Gasteiger partial charge in [-0.25, -0.2) is 4.79 Å². The minimum Gasteiger partial charge on any atom is -0.477 e. The van der Waals surface area contributed by atoms with Gasteiger partial charge in [-0.2, -0.15) is 0 Å². The maximum atomic E-state index is 10.6. The maximum absolute atomic E-state index is 10.6. The second-order valence-corrected chi connectivity index (χ2v) is 11.4. The quantitative estimate of drug-likeness (QED) is 0.0367. The summed E-state index contributed by atoms with van der Waals surface area (Å²) in [6.07, 6.45) is 11.7. The topological polar surface area (TPSA) is 321 Å². The largest absolute Gasteiger partial charge is 0.477 e. The van der Waals surface area contributed by atoms with E-state index in [4.69, 9.17) is 46.0 Å². The Kier molecular flexibility index (Phi) is 26.9. The average molecular weight is 653 g/mol. The van der Waals surface area contributed by atoms with Crippen LogP contribution >= 0.6 is 0 Å². The highest BCUT2D eigenvalue weighted by Crippen LogP contribution is 2.32. The number of unbranched alkanes of at least 4 members (excludes halogenated alkanes) is 11. The lowest BCUT2D eigenvalue weighted by Gasteiger charge is -2.40. The molecule has 0 fully saturated rings. The highest BCUT2D eigenvalue weighted by Gasteiger charge is 2.65. The van der Waals surface area contributed by atoms with Crippen LogP contribution in [0.3, 0.4) is 0 Å². The van der Waals surface area contributed by atoms with E-state index in [1.165, 1.54) is 38.5 Å². The Morgan fingerprint density at radius 3 is 0.909 bits per heavy atom. The lowest BCUT2D eigenvalue weighted by atomic mass is 9.91. The van der Waals surface area contributed by atoms with Crippen LogP contribution in [-0.2, 0) is 4.79 Å². The van der Waals surface area contributed by atoms with Crippen molar-refractivity contribution in [3.63, 3.8) is 0 Å². The molecule has 0 rings (SSSR count). The number of aliphatic hydroxyl groups excluding tert-OH is 8. The van der Waals surface area contributed by atoms with E-state index >= 15 is 0 Å². The van der Waals surface area contributed by atoms with Crippen molar-refractivity contribution in [3.8, 4) is 0 Å². The SMILES string of the molecule is CCCCCCCCCCCCCCC(O)(O)C(O)(O)C(O)(O)C(=O)O.OCC(CO)(CO)CO.OCC(CO)(CO)CO. The smallest absolute Gasteiger partial charge is 0.370 e. The molecule has 44 heavy (non-hydrogen) atoms. The Morgan fingerprint density at radius 1 is 0.455 bits per heavy atom. The van der Waals surface area contributed by atoms with Gasteiger partial charge in [-0.1, -0.05) is 77.6 Å². The maximum Gasteiger partial charge on any atom is 0.370 e. The normalized spacial score (nSPS) is 12.7. The van der Waals surface area contributed by atoms with Crippen LogP contribution < -0.4 is 0 Å². The molecule has 0 heterocycles. The van der Waals surface area contributed by atoms with Gasteiger partial charge in [0.2, 0.25) is 5.79 Å². The van der Waals surface area contributed by atoms with Crippen LogP contribution in [0.1, 0.15) is 90.4 Å². The van der Waals surface area contributed by atoms with Crippen molar-refractivity contribution in [2.75, 3.05) is 52.9 Å². The highest BCUT2D eigenvalue weighted by molar-refractivity contribution is 5.76. The Morgan fingerprint density at radius 2 is 0.705 bits per heavy atom. The van der Waals surface area contributed by atoms with Crippen LogP contribution in [0.4, 0.5) is 0 Å². The Hall–Kier alpha value is -1.09. The number of hydrogen-bond acceptors (Lipinski definition) is 15. The lowest BCUT2D eigenvalue weighted by molar-refractivity contribution is -0.441. The fourth-order valence-corrected chi connectivity index (χ4v) is 3.42. The van der Waals surface area contributed by atoms with Crippen LogP contribution in [0.2, 0.25) is 0 Å². The van der Waals surface area contributed by atoms with Crippen molar-refractivity contribution in [1.82, 2.24) is 0 Å². The van der Waals surface area contributed by atoms with Gasteiger partial charge in [0.25, 0.3) is 5.79 Å². The molecule has 15 N–H and O–H groups in total. The molecule has 0 saturated carbocycles. The van der Waals surface area contributed by atoms with Gasteiger partial charge in [-0.15, -0.1) is 0 Å². The molecule has 16 nitrogen and oxygen atoms in total. The van der Waals surface area contributed by atoms with Crippen molar-refractivity contribution in [3.05, 3.63) is 0 Å². The average Bonchev–Trinajstić information content (AvgIpc) is 3.01. The first-order valence-corrected chi connectivity index (χ1v) is 14.9. The minimum atomic E-state index is -4.10. The molecule has 0 saturated heterocycles. The number of aliphatic carboxylic acids is 1. The number of rotatable bonds is 24. The molecule has 0 aliphatic carbocycles. The van der Waals surface area contributed by atoms with E-state index in [0.29, 0.717) is 6.42 Å². The molecular formula is C28H60O16. The van der Waals surface area contributed by atoms with Gasteiger partial charge < -0.3 is 76.6 Å². The first-order valence-electron chi connectivity index (χ1n) is 14.9. The molecule has 0 aliphatic rings. The number of carboxylic acids is 1. The van der Waals surface area contributed by atoms with E-state index in [1.54, 1.807) is 0 Å². The summed E-state index contributed by atoms with van der Waals surface area (Å²) in [7, 11) is 0. The van der Waals surface area contributed by atoms with Crippen molar-refractivity contribution in [2.24, 2.45) is 10.8 Å². The summed E-state index contributed by atoms with van der Waals surface area (Å²) in [6, 6.07) is 0. The third kappa shape index (κ3) is 17.0. The molecule has 0 bridgehead atoms. The van der Waals surface area contributed by atoms with E-state index < -0.39 is 93.4 Å². The Bertz CT molecular complexity index is 624. The second kappa shape index (κ2) is 25.1. The van der Waals surface area contributed by atoms with Gasteiger partial charge >= 0.3 is 11.8 Å². The van der Waals surface area contributed by atoms with E-state index in [0.717, 1.165) is 25.7 Å². The molecule has 0 aromatic carbocycles. The van der Waals surface area contributed by atoms with Crippen molar-refractivity contribution in [1.29, 1.82) is 0 Å². The van der Waals surface area contributed by atoms with Crippen LogP contribution in [0.25, 0.3) is 0 Å². The van der Waals surface area contributed by atoms with Gasteiger partial charge in [0.15, 0.2) is 0 Å². The zero-order chi connectivity index (χ0) is 34.9. The molecule has 0 unspecified atom stereocenters. The number of carboxylic acid groups (broad SMARTS) is 1. The van der Waals surface area contributed by atoms with Crippen molar-refractivity contribution >= 4 is 5.97 Å². The van der Waals surface area contributed by atoms with Crippen LogP contribution in [0.5, 0.6) is 0 Å². The minimum absolute atomic E-state index is 0.169. The summed E-state index contributed by atoms with van der Waals surface area (Å²) >= 11 is 0. The molecule has 0 aromatic rings. The summed E-state index contributed by atoms with van der Waals surface area (Å²) in [6.45, 7) is -1.06. The summed E-state index contributed by atoms with van der Waals surface area (Å²) in [5.74, 6) is -13.9. The monoisotopic (exact) mass is 652 g/mol. The van der Waals surface area contributed by atoms with E-state index in [1.807, 2.05) is 0 Å². The van der Waals surface area contributed by atoms with Gasteiger partial charge in [0.05, 0.1) is 63.7 Å². The highest BCUT2D eigenvalue weighted by atomic mass is 16.7. The van der Waals surface area contributed by atoms with Gasteiger partial charge in [-0.05, 0) is 6.42 Å². The molecular weight excluding hydrogens is 592 g/mol. The zero-order valence-electron chi connectivity index (χ0n) is 26.0. The fraction of sp³-hybridized carbons (Fsp3) is 0.964. The molecule has 0 atom stereocenters. The van der Waals surface area contributed by atoms with Crippen molar-refractivity contribution in [2.45, 2.75) is 108 Å². The van der Waals surface area contributed by atoms with Crippen LogP contribution in [-0.4, -0.2) is 153 Å². The lowest BCUT2D eigenvalue weighted by Crippen LogP contribution is -2.71. The summed E-state index contributed by atoms with van der Waals surface area (Å²) < 4.78 is 0. The molecule has 268 valence electrons. The number of carbonyl (C=O) groups is 1. The Balaban J connectivity index is -0.000000757. The van der Waals surface area contributed by atoms with Gasteiger partial charge in [-0.3, -0.25) is 0 Å². The summed E-state index contributed by atoms with van der Waals surface area (Å²) in [5.41, 5.74) is -2.22. The molecule has 0 aliphatic heterocycles. The number of hydrogen-bond donors (Lipinski definition) is 15. The summed E-state index contributed by atoms with van der Waals surface area (Å²) in [5, 5.41) is 133. The predicted molar refractivity (Wildman–Crippen MR) is 156 cm³/mol. The second-order valence-electron chi connectivity index (χ2n) is 11.4. The molecule has 16 heteroatoms. The van der Waals surface area contributed by atoms with Gasteiger partial charge in [0, 0.05) is 6.42 Å². The van der Waals surface area contributed by atoms with Crippen molar-refractivity contribution < 1.29 is 81.4 Å². The van der Waals surface area contributed by atoms with E-state index in [-0.39, 0.29) is 6.42 Å². The first kappa shape index (κ1) is 47.3. The molecule has 0 spiro atoms. The fourth-order valence-electron chi connectivity index (χ4n) is 3.42.